The summed E-state index contributed by atoms with van der Waals surface area (Å²) in [6, 6.07) is 13.2. The number of fused-ring (bicyclic) bond motifs is 1. The van der Waals surface area contributed by atoms with E-state index in [0.717, 1.165) is 57.7 Å². The van der Waals surface area contributed by atoms with E-state index in [2.05, 4.69) is 62.1 Å². The minimum Gasteiger partial charge on any atom is -0.490 e. The molecule has 2 aromatic carbocycles. The number of piperidine rings is 1. The number of hydrogen-bond acceptors (Lipinski definition) is 5. The molecule has 5 heteroatoms. The maximum absolute atomic E-state index is 12.0. The SMILES string of the molecule is CCOC(=O)C1CCN(Cc2ccc3cc(O[C@H]4CC[C@H](COC(C)(C)C)CC4)ccc3c2)CC1. The van der Waals surface area contributed by atoms with Gasteiger partial charge < -0.3 is 14.2 Å². The zero-order valence-electron chi connectivity index (χ0n) is 22.1. The van der Waals surface area contributed by atoms with Gasteiger partial charge in [-0.25, -0.2) is 0 Å². The third kappa shape index (κ3) is 7.68. The fraction of sp³-hybridized carbons (Fsp3) is 0.633. The van der Waals surface area contributed by atoms with Gasteiger partial charge in [-0.1, -0.05) is 18.2 Å². The predicted molar refractivity (Wildman–Crippen MR) is 141 cm³/mol. The molecule has 0 bridgehead atoms. The zero-order chi connectivity index (χ0) is 24.8. The molecule has 1 aliphatic carbocycles. The first-order chi connectivity index (χ1) is 16.8. The largest absolute Gasteiger partial charge is 0.490 e. The van der Waals surface area contributed by atoms with Gasteiger partial charge in [-0.3, -0.25) is 9.69 Å². The molecule has 1 saturated heterocycles. The van der Waals surface area contributed by atoms with Gasteiger partial charge in [0.25, 0.3) is 0 Å². The van der Waals surface area contributed by atoms with Gasteiger partial charge in [-0.15, -0.1) is 0 Å². The Bertz CT molecular complexity index is 966. The molecule has 2 aliphatic rings. The maximum atomic E-state index is 12.0. The van der Waals surface area contributed by atoms with Crippen molar-refractivity contribution in [2.45, 2.75) is 84.5 Å². The van der Waals surface area contributed by atoms with Gasteiger partial charge >= 0.3 is 5.97 Å². The Kier molecular flexibility index (Phi) is 8.72. The monoisotopic (exact) mass is 481 g/mol. The van der Waals surface area contributed by atoms with Crippen LogP contribution in [-0.2, 0) is 20.8 Å². The Labute approximate surface area is 211 Å². The van der Waals surface area contributed by atoms with Gasteiger partial charge in [-0.05, 0) is 120 Å². The van der Waals surface area contributed by atoms with Crippen LogP contribution >= 0.6 is 0 Å². The highest BCUT2D eigenvalue weighted by Crippen LogP contribution is 2.30. The molecule has 2 fully saturated rings. The number of carbonyl (C=O) groups is 1. The summed E-state index contributed by atoms with van der Waals surface area (Å²) in [7, 11) is 0. The Hall–Kier alpha value is -2.11. The summed E-state index contributed by atoms with van der Waals surface area (Å²) in [5.74, 6) is 1.66. The minimum absolute atomic E-state index is 0.0292. The van der Waals surface area contributed by atoms with E-state index >= 15 is 0 Å². The van der Waals surface area contributed by atoms with E-state index in [1.807, 2.05) is 6.92 Å². The molecule has 2 aromatic rings. The summed E-state index contributed by atoms with van der Waals surface area (Å²) >= 11 is 0. The number of esters is 1. The first kappa shape index (κ1) is 26.0. The lowest BCUT2D eigenvalue weighted by Gasteiger charge is -2.31. The van der Waals surface area contributed by atoms with Crippen LogP contribution in [0.3, 0.4) is 0 Å². The Morgan fingerprint density at radius 3 is 2.31 bits per heavy atom. The van der Waals surface area contributed by atoms with Crippen LogP contribution in [0.15, 0.2) is 36.4 Å². The summed E-state index contributed by atoms with van der Waals surface area (Å²) in [6.07, 6.45) is 6.63. The fourth-order valence-corrected chi connectivity index (χ4v) is 5.27. The van der Waals surface area contributed by atoms with Crippen LogP contribution in [-0.4, -0.2) is 48.9 Å². The van der Waals surface area contributed by atoms with E-state index in [4.69, 9.17) is 14.2 Å². The van der Waals surface area contributed by atoms with Gasteiger partial charge in [0.1, 0.15) is 5.75 Å². The second-order valence-electron chi connectivity index (χ2n) is 11.3. The molecule has 1 aliphatic heterocycles. The number of hydrogen-bond donors (Lipinski definition) is 0. The van der Waals surface area contributed by atoms with Gasteiger partial charge in [0.05, 0.1) is 30.8 Å². The third-order valence-electron chi connectivity index (χ3n) is 7.34. The number of rotatable bonds is 8. The van der Waals surface area contributed by atoms with Crippen molar-refractivity contribution in [3.05, 3.63) is 42.0 Å². The molecule has 0 unspecified atom stereocenters. The van der Waals surface area contributed by atoms with Crippen LogP contribution in [0, 0.1) is 11.8 Å². The Morgan fingerprint density at radius 1 is 0.943 bits per heavy atom. The van der Waals surface area contributed by atoms with Crippen molar-refractivity contribution < 1.29 is 19.0 Å². The molecule has 35 heavy (non-hydrogen) atoms. The van der Waals surface area contributed by atoms with Gasteiger partial charge in [0.15, 0.2) is 0 Å². The number of likely N-dealkylation sites (tertiary alicyclic amines) is 1. The molecule has 0 radical (unpaired) electrons. The first-order valence-electron chi connectivity index (χ1n) is 13.5. The van der Waals surface area contributed by atoms with Crippen molar-refractivity contribution in [2.24, 2.45) is 11.8 Å². The molecule has 1 heterocycles. The van der Waals surface area contributed by atoms with Gasteiger partial charge in [-0.2, -0.15) is 0 Å². The number of ether oxygens (including phenoxy) is 3. The molecule has 5 nitrogen and oxygen atoms in total. The molecule has 0 aromatic heterocycles. The standard InChI is InChI=1S/C30H43NO4/c1-5-33-29(32)24-14-16-31(17-15-24)20-23-6-9-26-19-28(13-10-25(26)18-23)35-27-11-7-22(8-12-27)21-34-30(2,3)4/h6,9-10,13,18-19,22,24,27H,5,7-8,11-12,14-17,20-21H2,1-4H3/t22-,27-. The summed E-state index contributed by atoms with van der Waals surface area (Å²) in [6.45, 7) is 12.4. The predicted octanol–water partition coefficient (Wildman–Crippen LogP) is 6.37. The smallest absolute Gasteiger partial charge is 0.309 e. The summed E-state index contributed by atoms with van der Waals surface area (Å²) in [4.78, 5) is 14.4. The van der Waals surface area contributed by atoms with E-state index in [1.54, 1.807) is 0 Å². The van der Waals surface area contributed by atoms with Crippen molar-refractivity contribution in [3.63, 3.8) is 0 Å². The van der Waals surface area contributed by atoms with Crippen LogP contribution in [0.5, 0.6) is 5.75 Å². The average Bonchev–Trinajstić information content (AvgIpc) is 2.84. The molecule has 0 spiro atoms. The topological polar surface area (TPSA) is 48.0 Å². The van der Waals surface area contributed by atoms with Crippen LogP contribution in [0.25, 0.3) is 10.8 Å². The molecule has 0 amide bonds. The number of nitrogens with zero attached hydrogens (tertiary/aromatic N) is 1. The van der Waals surface area contributed by atoms with Crippen LogP contribution in [0.1, 0.15) is 71.8 Å². The van der Waals surface area contributed by atoms with Crippen molar-refractivity contribution in [1.29, 1.82) is 0 Å². The summed E-state index contributed by atoms with van der Waals surface area (Å²) in [5, 5.41) is 2.47. The van der Waals surface area contributed by atoms with Gasteiger partial charge in [0.2, 0.25) is 0 Å². The van der Waals surface area contributed by atoms with Gasteiger partial charge in [0, 0.05) is 6.54 Å². The number of benzene rings is 2. The van der Waals surface area contributed by atoms with E-state index in [-0.39, 0.29) is 17.5 Å². The fourth-order valence-electron chi connectivity index (χ4n) is 5.27. The zero-order valence-corrected chi connectivity index (χ0v) is 22.1. The molecular weight excluding hydrogens is 438 g/mol. The lowest BCUT2D eigenvalue weighted by Crippen LogP contribution is -2.36. The molecule has 0 atom stereocenters. The second kappa shape index (κ2) is 11.7. The van der Waals surface area contributed by atoms with Crippen LogP contribution < -0.4 is 4.74 Å². The molecule has 192 valence electrons. The normalized spacial score (nSPS) is 22.3. The average molecular weight is 482 g/mol. The summed E-state index contributed by atoms with van der Waals surface area (Å²) in [5.41, 5.74) is 1.26. The number of carbonyl (C=O) groups excluding carboxylic acids is 1. The van der Waals surface area contributed by atoms with Crippen LogP contribution in [0.2, 0.25) is 0 Å². The first-order valence-corrected chi connectivity index (χ1v) is 13.5. The van der Waals surface area contributed by atoms with E-state index in [9.17, 15) is 4.79 Å². The van der Waals surface area contributed by atoms with Crippen molar-refractivity contribution in [1.82, 2.24) is 4.90 Å². The molecular formula is C30H43NO4. The molecule has 4 rings (SSSR count). The van der Waals surface area contributed by atoms with Crippen LogP contribution in [0.4, 0.5) is 0 Å². The Morgan fingerprint density at radius 2 is 1.63 bits per heavy atom. The second-order valence-corrected chi connectivity index (χ2v) is 11.3. The molecule has 1 saturated carbocycles. The highest BCUT2D eigenvalue weighted by molar-refractivity contribution is 5.84. The lowest BCUT2D eigenvalue weighted by atomic mass is 9.88. The lowest BCUT2D eigenvalue weighted by molar-refractivity contribution is -0.149. The quantitative estimate of drug-likeness (QED) is 0.410. The van der Waals surface area contributed by atoms with Crippen molar-refractivity contribution >= 4 is 16.7 Å². The van der Waals surface area contributed by atoms with Crippen molar-refractivity contribution in [3.8, 4) is 5.75 Å². The van der Waals surface area contributed by atoms with Crippen molar-refractivity contribution in [2.75, 3.05) is 26.3 Å². The highest BCUT2D eigenvalue weighted by Gasteiger charge is 2.26. The van der Waals surface area contributed by atoms with E-state index in [1.165, 1.54) is 29.2 Å². The van der Waals surface area contributed by atoms with E-state index < -0.39 is 0 Å². The Balaban J connectivity index is 1.26. The highest BCUT2D eigenvalue weighted by atomic mass is 16.5. The molecule has 0 N–H and O–H groups in total. The summed E-state index contributed by atoms with van der Waals surface area (Å²) < 4.78 is 17.6. The third-order valence-corrected chi connectivity index (χ3v) is 7.34. The van der Waals surface area contributed by atoms with E-state index in [0.29, 0.717) is 18.6 Å². The minimum atomic E-state index is -0.0563. The maximum Gasteiger partial charge on any atom is 0.309 e.